The average molecular weight is 320 g/mol. The monoisotopic (exact) mass is 319 g/mol. The van der Waals surface area contributed by atoms with Crippen molar-refractivity contribution < 1.29 is 14.3 Å². The van der Waals surface area contributed by atoms with Crippen LogP contribution >= 0.6 is 23.2 Å². The van der Waals surface area contributed by atoms with E-state index in [0.717, 1.165) is 25.9 Å². The van der Waals surface area contributed by atoms with Gasteiger partial charge in [0, 0.05) is 5.02 Å². The maximum absolute atomic E-state index is 13.8. The normalized spacial score (nSPS) is 19.0. The van der Waals surface area contributed by atoms with Crippen molar-refractivity contribution in [3.8, 4) is 0 Å². The highest BCUT2D eigenvalue weighted by molar-refractivity contribution is 6.35. The van der Waals surface area contributed by atoms with Crippen LogP contribution in [0.5, 0.6) is 0 Å². The molecular formula is C14H16Cl2FNO2. The number of carboxylic acids is 1. The summed E-state index contributed by atoms with van der Waals surface area (Å²) in [6, 6.07) is 2.59. The zero-order valence-corrected chi connectivity index (χ0v) is 12.6. The van der Waals surface area contributed by atoms with Gasteiger partial charge in [0.1, 0.15) is 5.82 Å². The molecule has 1 N–H and O–H groups in total. The molecule has 1 heterocycles. The van der Waals surface area contributed by atoms with Crippen molar-refractivity contribution in [2.24, 2.45) is 0 Å². The number of nitrogens with zero attached hydrogens (tertiary/aromatic N) is 1. The summed E-state index contributed by atoms with van der Waals surface area (Å²) in [6.07, 6.45) is 1.87. The number of hydrogen-bond acceptors (Lipinski definition) is 2. The average Bonchev–Trinajstić information content (AvgIpc) is 2.87. The summed E-state index contributed by atoms with van der Waals surface area (Å²) in [5.41, 5.74) is -0.351. The molecule has 0 amide bonds. The predicted octanol–water partition coefficient (Wildman–Crippen LogP) is 3.92. The molecule has 3 nitrogen and oxygen atoms in total. The number of carboxylic acid groups (broad SMARTS) is 1. The Labute approximate surface area is 127 Å². The van der Waals surface area contributed by atoms with Crippen LogP contribution in [0.25, 0.3) is 0 Å². The summed E-state index contributed by atoms with van der Waals surface area (Å²) >= 11 is 11.9. The number of hydrogen-bond donors (Lipinski definition) is 1. The van der Waals surface area contributed by atoms with Crippen molar-refractivity contribution in [2.45, 2.75) is 31.7 Å². The first-order chi connectivity index (χ1) is 9.34. The van der Waals surface area contributed by atoms with Gasteiger partial charge >= 0.3 is 5.97 Å². The van der Waals surface area contributed by atoms with Crippen LogP contribution in [0.2, 0.25) is 10.0 Å². The summed E-state index contributed by atoms with van der Waals surface area (Å²) in [5.74, 6) is -1.52. The van der Waals surface area contributed by atoms with Crippen molar-refractivity contribution in [2.75, 3.05) is 13.1 Å². The minimum Gasteiger partial charge on any atom is -0.481 e. The summed E-state index contributed by atoms with van der Waals surface area (Å²) in [6.45, 7) is 3.36. The summed E-state index contributed by atoms with van der Waals surface area (Å²) in [7, 11) is 0. The van der Waals surface area contributed by atoms with E-state index in [1.807, 2.05) is 0 Å². The second kappa shape index (κ2) is 5.88. The minimum atomic E-state index is -0.939. The Morgan fingerprint density at radius 3 is 2.50 bits per heavy atom. The SMILES string of the molecule is CC(CC(=O)O)(c1cc(F)c(Cl)cc1Cl)N1CCCC1. The molecule has 1 atom stereocenters. The maximum Gasteiger partial charge on any atom is 0.305 e. The van der Waals surface area contributed by atoms with Crippen molar-refractivity contribution in [1.82, 2.24) is 4.90 Å². The molecule has 110 valence electrons. The number of likely N-dealkylation sites (tertiary alicyclic amines) is 1. The summed E-state index contributed by atoms with van der Waals surface area (Å²) in [4.78, 5) is 13.3. The van der Waals surface area contributed by atoms with Crippen molar-refractivity contribution >= 4 is 29.2 Å². The van der Waals surface area contributed by atoms with Crippen LogP contribution in [0.15, 0.2) is 12.1 Å². The third kappa shape index (κ3) is 2.92. The van der Waals surface area contributed by atoms with Crippen LogP contribution < -0.4 is 0 Å². The highest BCUT2D eigenvalue weighted by Crippen LogP contribution is 2.40. The third-order valence-corrected chi connectivity index (χ3v) is 4.49. The highest BCUT2D eigenvalue weighted by atomic mass is 35.5. The number of aliphatic carboxylic acids is 1. The fourth-order valence-corrected chi connectivity index (χ4v) is 3.40. The van der Waals surface area contributed by atoms with Gasteiger partial charge in [-0.3, -0.25) is 9.69 Å². The lowest BCUT2D eigenvalue weighted by Crippen LogP contribution is -2.44. The van der Waals surface area contributed by atoms with Crippen molar-refractivity contribution in [3.63, 3.8) is 0 Å². The van der Waals surface area contributed by atoms with E-state index >= 15 is 0 Å². The molecule has 20 heavy (non-hydrogen) atoms. The molecular weight excluding hydrogens is 304 g/mol. The molecule has 0 spiro atoms. The van der Waals surface area contributed by atoms with E-state index < -0.39 is 17.3 Å². The zero-order valence-electron chi connectivity index (χ0n) is 11.1. The Kier molecular flexibility index (Phi) is 4.57. The lowest BCUT2D eigenvalue weighted by atomic mass is 9.86. The topological polar surface area (TPSA) is 40.5 Å². The predicted molar refractivity (Wildman–Crippen MR) is 76.8 cm³/mol. The zero-order chi connectivity index (χ0) is 14.9. The second-order valence-corrected chi connectivity index (χ2v) is 6.10. The van der Waals surface area contributed by atoms with Crippen LogP contribution in [0.1, 0.15) is 31.7 Å². The fraction of sp³-hybridized carbons (Fsp3) is 0.500. The van der Waals surface area contributed by atoms with Gasteiger partial charge in [-0.2, -0.15) is 0 Å². The van der Waals surface area contributed by atoms with E-state index in [1.165, 1.54) is 12.1 Å². The van der Waals surface area contributed by atoms with Gasteiger partial charge in [-0.25, -0.2) is 4.39 Å². The molecule has 0 aromatic heterocycles. The van der Waals surface area contributed by atoms with Crippen LogP contribution in [0.4, 0.5) is 4.39 Å². The summed E-state index contributed by atoms with van der Waals surface area (Å²) < 4.78 is 13.8. The second-order valence-electron chi connectivity index (χ2n) is 5.28. The molecule has 0 radical (unpaired) electrons. The molecule has 0 saturated carbocycles. The molecule has 1 aromatic rings. The Morgan fingerprint density at radius 1 is 1.35 bits per heavy atom. The Bertz CT molecular complexity index is 532. The van der Waals surface area contributed by atoms with Crippen molar-refractivity contribution in [3.05, 3.63) is 33.6 Å². The van der Waals surface area contributed by atoms with E-state index in [-0.39, 0.29) is 11.4 Å². The van der Waals surface area contributed by atoms with E-state index in [4.69, 9.17) is 23.2 Å². The van der Waals surface area contributed by atoms with E-state index in [1.54, 1.807) is 6.92 Å². The number of carbonyl (C=O) groups is 1. The molecule has 1 saturated heterocycles. The third-order valence-electron chi connectivity index (χ3n) is 3.89. The van der Waals surface area contributed by atoms with Gasteiger partial charge in [0.2, 0.25) is 0 Å². The first-order valence-corrected chi connectivity index (χ1v) is 7.22. The van der Waals surface area contributed by atoms with Gasteiger partial charge < -0.3 is 5.11 Å². The quantitative estimate of drug-likeness (QED) is 0.855. The maximum atomic E-state index is 13.8. The van der Waals surface area contributed by atoms with Gasteiger partial charge in [0.05, 0.1) is 17.0 Å². The molecule has 6 heteroatoms. The van der Waals surface area contributed by atoms with E-state index in [9.17, 15) is 14.3 Å². The van der Waals surface area contributed by atoms with Crippen molar-refractivity contribution in [1.29, 1.82) is 0 Å². The standard InChI is InChI=1S/C14H16Cl2FNO2/c1-14(8-13(19)20,18-4-2-3-5-18)9-6-12(17)11(16)7-10(9)15/h6-7H,2-5,8H2,1H3,(H,19,20). The van der Waals surface area contributed by atoms with Crippen LogP contribution in [0, 0.1) is 5.82 Å². The van der Waals surface area contributed by atoms with Crippen LogP contribution in [-0.4, -0.2) is 29.1 Å². The lowest BCUT2D eigenvalue weighted by molar-refractivity contribution is -0.140. The summed E-state index contributed by atoms with van der Waals surface area (Å²) in [5, 5.41) is 9.44. The number of halogens is 3. The minimum absolute atomic E-state index is 0.0575. The first kappa shape index (κ1) is 15.5. The van der Waals surface area contributed by atoms with Gasteiger partial charge in [0.25, 0.3) is 0 Å². The molecule has 1 aliphatic rings. The number of rotatable bonds is 4. The highest BCUT2D eigenvalue weighted by Gasteiger charge is 2.39. The van der Waals surface area contributed by atoms with E-state index in [2.05, 4.69) is 4.90 Å². The Balaban J connectivity index is 2.50. The van der Waals surface area contributed by atoms with Gasteiger partial charge in [-0.15, -0.1) is 0 Å². The van der Waals surface area contributed by atoms with Gasteiger partial charge in [0.15, 0.2) is 0 Å². The van der Waals surface area contributed by atoms with Gasteiger partial charge in [-0.1, -0.05) is 23.2 Å². The molecule has 2 rings (SSSR count). The molecule has 1 aromatic carbocycles. The first-order valence-electron chi connectivity index (χ1n) is 6.46. The van der Waals surface area contributed by atoms with Crippen LogP contribution in [0.3, 0.4) is 0 Å². The van der Waals surface area contributed by atoms with Crippen LogP contribution in [-0.2, 0) is 10.3 Å². The fourth-order valence-electron chi connectivity index (χ4n) is 2.82. The molecule has 0 aliphatic carbocycles. The number of benzene rings is 1. The molecule has 1 fully saturated rings. The van der Waals surface area contributed by atoms with Gasteiger partial charge in [-0.05, 0) is 50.6 Å². The molecule has 0 bridgehead atoms. The molecule has 1 aliphatic heterocycles. The Morgan fingerprint density at radius 2 is 1.95 bits per heavy atom. The smallest absolute Gasteiger partial charge is 0.305 e. The largest absolute Gasteiger partial charge is 0.481 e. The van der Waals surface area contributed by atoms with E-state index in [0.29, 0.717) is 10.6 Å². The molecule has 1 unspecified atom stereocenters. The Hall–Kier alpha value is -0.840. The lowest BCUT2D eigenvalue weighted by Gasteiger charge is -2.39.